The van der Waals surface area contributed by atoms with Gasteiger partial charge in [0.05, 0.1) is 13.1 Å². The van der Waals surface area contributed by atoms with Crippen LogP contribution < -0.4 is 10.1 Å². The molecule has 0 saturated heterocycles. The molecule has 314 valence electrons. The summed E-state index contributed by atoms with van der Waals surface area (Å²) < 4.78 is 58.3. The molecule has 0 saturated carbocycles. The number of ether oxygens (including phenoxy) is 1. The minimum Gasteiger partial charge on any atom is -0.480 e. The fourth-order valence-corrected chi connectivity index (χ4v) is 5.90. The maximum atomic E-state index is 13.7. The lowest BCUT2D eigenvalue weighted by atomic mass is 10.1. The first-order valence-corrected chi connectivity index (χ1v) is 18.4. The van der Waals surface area contributed by atoms with E-state index in [-0.39, 0.29) is 83.6 Å². The molecule has 1 amide bonds. The maximum absolute atomic E-state index is 13.7. The molecule has 0 aromatic heterocycles. The minimum atomic E-state index is -1.78. The van der Waals surface area contributed by atoms with Gasteiger partial charge in [0.2, 0.25) is 23.3 Å². The van der Waals surface area contributed by atoms with E-state index < -0.39 is 71.5 Å². The second kappa shape index (κ2) is 25.2. The van der Waals surface area contributed by atoms with Crippen LogP contribution in [-0.4, -0.2) is 147 Å². The van der Waals surface area contributed by atoms with Gasteiger partial charge < -0.3 is 40.3 Å². The maximum Gasteiger partial charge on any atom is 0.326 e. The van der Waals surface area contributed by atoms with Crippen molar-refractivity contribution in [2.24, 2.45) is 0 Å². The molecule has 0 radical (unpaired) electrons. The smallest absolute Gasteiger partial charge is 0.326 e. The number of carbonyl (C=O) groups is 6. The van der Waals surface area contributed by atoms with Gasteiger partial charge in [0.1, 0.15) is 12.6 Å². The number of esters is 1. The predicted molar refractivity (Wildman–Crippen MR) is 190 cm³/mol. The van der Waals surface area contributed by atoms with E-state index in [1.165, 1.54) is 22.2 Å². The molecule has 5 N–H and O–H groups in total. The van der Waals surface area contributed by atoms with Crippen LogP contribution in [-0.2, 0) is 28.8 Å². The quantitative estimate of drug-likeness (QED) is 0.0353. The number of carboxylic acids is 4. The summed E-state index contributed by atoms with van der Waals surface area (Å²) in [7, 11) is 0. The summed E-state index contributed by atoms with van der Waals surface area (Å²) in [4.78, 5) is 77.2. The molecular formula is C36H51F4N5O11. The molecule has 0 spiro atoms. The molecule has 1 aromatic rings. The summed E-state index contributed by atoms with van der Waals surface area (Å²) in [6.45, 7) is -0.0846. The average Bonchev–Trinajstić information content (AvgIpc) is 3.11. The van der Waals surface area contributed by atoms with E-state index >= 15 is 0 Å². The first-order chi connectivity index (χ1) is 26.6. The summed E-state index contributed by atoms with van der Waals surface area (Å²) in [5, 5.41) is 41.0. The Bertz CT molecular complexity index is 1490. The lowest BCUT2D eigenvalue weighted by Crippen LogP contribution is -2.47. The topological polar surface area (TPSA) is 218 Å². The van der Waals surface area contributed by atoms with Crippen molar-refractivity contribution >= 4 is 35.8 Å². The number of hydrogen-bond donors (Lipinski definition) is 5. The Hall–Kier alpha value is -4.98. The highest BCUT2D eigenvalue weighted by Gasteiger charge is 2.27. The van der Waals surface area contributed by atoms with Crippen molar-refractivity contribution in [3.63, 3.8) is 0 Å². The summed E-state index contributed by atoms with van der Waals surface area (Å²) in [6.07, 6.45) is 8.17. The number of amides is 1. The van der Waals surface area contributed by atoms with E-state index in [0.29, 0.717) is 25.8 Å². The molecule has 1 heterocycles. The predicted octanol–water partition coefficient (Wildman–Crippen LogP) is 2.96. The molecule has 1 atom stereocenters. The number of carboxylic acid groups (broad SMARTS) is 4. The second-order valence-corrected chi connectivity index (χ2v) is 13.3. The van der Waals surface area contributed by atoms with Gasteiger partial charge in [0.15, 0.2) is 11.6 Å². The van der Waals surface area contributed by atoms with Crippen LogP contribution in [0.3, 0.4) is 0 Å². The normalized spacial score (nSPS) is 15.6. The SMILES string of the molecule is O=C(O)CN1/C=C\N(C(CCC(=O)NCCCCCCCCCCC(=O)Oc2c(F)c(F)cc(F)c2F)C(=O)O)CCN(CC(=O)O)CCN(CC(=O)O)CC1. The zero-order chi connectivity index (χ0) is 41.6. The van der Waals surface area contributed by atoms with E-state index in [9.17, 15) is 66.8 Å². The third-order valence-electron chi connectivity index (χ3n) is 8.88. The zero-order valence-electron chi connectivity index (χ0n) is 31.1. The standard InChI is InChI=1S/C36H51F4N5O11/c37-25-21-26(38)34(40)35(33(25)39)56-32(53)9-7-5-3-1-2-4-6-8-12-41-28(46)11-10-27(36(54)55)45-19-17-43(23-30(49)50)15-13-42(22-29(47)48)14-16-44(18-20-45)24-31(51)52/h17,19,21,27H,1-16,18,20,22-24H2,(H,41,46)(H,47,48)(H,49,50)(H,51,52)(H,54,55)/b19-17-. The molecule has 2 rings (SSSR count). The molecule has 1 aliphatic rings. The fraction of sp³-hybridized carbons (Fsp3) is 0.611. The van der Waals surface area contributed by atoms with Crippen molar-refractivity contribution in [3.05, 3.63) is 41.7 Å². The average molecular weight is 806 g/mol. The number of aliphatic carboxylic acids is 4. The minimum absolute atomic E-state index is 0.0209. The van der Waals surface area contributed by atoms with Crippen molar-refractivity contribution in [2.45, 2.75) is 76.7 Å². The van der Waals surface area contributed by atoms with Gasteiger partial charge in [-0.2, -0.15) is 8.78 Å². The van der Waals surface area contributed by atoms with Crippen molar-refractivity contribution in [1.29, 1.82) is 0 Å². The van der Waals surface area contributed by atoms with Gasteiger partial charge in [-0.25, -0.2) is 13.6 Å². The van der Waals surface area contributed by atoms with Crippen LogP contribution >= 0.6 is 0 Å². The van der Waals surface area contributed by atoms with E-state index in [1.54, 1.807) is 9.80 Å². The third-order valence-corrected chi connectivity index (χ3v) is 8.88. The summed E-state index contributed by atoms with van der Waals surface area (Å²) in [5.74, 6) is -14.3. The van der Waals surface area contributed by atoms with E-state index in [2.05, 4.69) is 10.1 Å². The Morgan fingerprint density at radius 3 is 1.68 bits per heavy atom. The van der Waals surface area contributed by atoms with E-state index in [4.69, 9.17) is 0 Å². The second-order valence-electron chi connectivity index (χ2n) is 13.3. The van der Waals surface area contributed by atoms with Gasteiger partial charge in [-0.1, -0.05) is 38.5 Å². The van der Waals surface area contributed by atoms with E-state index in [1.807, 2.05) is 0 Å². The van der Waals surface area contributed by atoms with Gasteiger partial charge >= 0.3 is 29.8 Å². The van der Waals surface area contributed by atoms with Crippen LogP contribution in [0.25, 0.3) is 0 Å². The molecule has 16 nitrogen and oxygen atoms in total. The largest absolute Gasteiger partial charge is 0.480 e. The molecule has 0 fully saturated rings. The van der Waals surface area contributed by atoms with Gasteiger partial charge in [-0.15, -0.1) is 0 Å². The van der Waals surface area contributed by atoms with Crippen LogP contribution in [0.2, 0.25) is 0 Å². The molecule has 1 aliphatic heterocycles. The van der Waals surface area contributed by atoms with Crippen LogP contribution in [0.5, 0.6) is 5.75 Å². The zero-order valence-corrected chi connectivity index (χ0v) is 31.1. The summed E-state index contributed by atoms with van der Waals surface area (Å²) >= 11 is 0. The molecule has 56 heavy (non-hydrogen) atoms. The number of benzene rings is 1. The van der Waals surface area contributed by atoms with Gasteiger partial charge in [-0.05, 0) is 19.3 Å². The molecule has 1 unspecified atom stereocenters. The first kappa shape index (κ1) is 47.2. The van der Waals surface area contributed by atoms with Crippen molar-refractivity contribution in [1.82, 2.24) is 24.9 Å². The number of hydrogen-bond acceptors (Lipinski definition) is 11. The first-order valence-electron chi connectivity index (χ1n) is 18.4. The Kier molecular flexibility index (Phi) is 21.3. The van der Waals surface area contributed by atoms with Crippen LogP contribution in [0.15, 0.2) is 18.5 Å². The van der Waals surface area contributed by atoms with Crippen molar-refractivity contribution in [3.8, 4) is 5.75 Å². The number of nitrogens with one attached hydrogen (secondary N) is 1. The Morgan fingerprint density at radius 2 is 1.14 bits per heavy atom. The number of unbranched alkanes of at least 4 members (excludes halogenated alkanes) is 7. The molecule has 1 aromatic carbocycles. The monoisotopic (exact) mass is 805 g/mol. The van der Waals surface area contributed by atoms with Crippen LogP contribution in [0.1, 0.15) is 70.6 Å². The Labute approximate surface area is 321 Å². The molecule has 0 bridgehead atoms. The number of nitrogens with zero attached hydrogens (tertiary/aromatic N) is 4. The van der Waals surface area contributed by atoms with Crippen molar-refractivity contribution in [2.75, 3.05) is 65.4 Å². The lowest BCUT2D eigenvalue weighted by Gasteiger charge is -2.33. The highest BCUT2D eigenvalue weighted by Crippen LogP contribution is 2.27. The fourth-order valence-electron chi connectivity index (χ4n) is 5.90. The van der Waals surface area contributed by atoms with Crippen molar-refractivity contribution < 1.29 is 71.5 Å². The van der Waals surface area contributed by atoms with Crippen LogP contribution in [0, 0.1) is 23.3 Å². The van der Waals surface area contributed by atoms with Gasteiger partial charge in [0.25, 0.3) is 0 Å². The Morgan fingerprint density at radius 1 is 0.643 bits per heavy atom. The highest BCUT2D eigenvalue weighted by atomic mass is 19.2. The van der Waals surface area contributed by atoms with Gasteiger partial charge in [0, 0.05) is 77.1 Å². The number of rotatable bonds is 23. The molecule has 20 heteroatoms. The van der Waals surface area contributed by atoms with E-state index in [0.717, 1.165) is 32.1 Å². The molecular weight excluding hydrogens is 754 g/mol. The summed E-state index contributed by atoms with van der Waals surface area (Å²) in [5.41, 5.74) is 0. The third kappa shape index (κ3) is 18.6. The number of carbonyl (C=O) groups excluding carboxylic acids is 2. The molecule has 0 aliphatic carbocycles. The summed E-state index contributed by atoms with van der Waals surface area (Å²) in [6, 6.07) is -1.18. The Balaban J connectivity index is 1.78. The highest BCUT2D eigenvalue weighted by molar-refractivity contribution is 5.78. The van der Waals surface area contributed by atoms with Crippen LogP contribution in [0.4, 0.5) is 17.6 Å². The lowest BCUT2D eigenvalue weighted by molar-refractivity contribution is -0.143. The number of halogens is 4. The van der Waals surface area contributed by atoms with Gasteiger partial charge in [-0.3, -0.25) is 33.8 Å².